The first-order valence-electron chi connectivity index (χ1n) is 9.68. The normalized spacial score (nSPS) is 13.8. The van der Waals surface area contributed by atoms with Crippen LogP contribution in [0.2, 0.25) is 0 Å². The maximum Gasteiger partial charge on any atom is 0.0520 e. The minimum absolute atomic E-state index is 0.862. The summed E-state index contributed by atoms with van der Waals surface area (Å²) in [5, 5.41) is 3.20. The smallest absolute Gasteiger partial charge is 0.0520 e. The first-order chi connectivity index (χ1) is 12.6. The van der Waals surface area contributed by atoms with Crippen molar-refractivity contribution in [3.8, 4) is 0 Å². The average molecular weight is 350 g/mol. The third-order valence-corrected chi connectivity index (χ3v) is 5.19. The molecule has 2 aromatic rings. The fourth-order valence-corrected chi connectivity index (χ4v) is 3.79. The van der Waals surface area contributed by atoms with Crippen LogP contribution in [0.1, 0.15) is 55.3 Å². The average Bonchev–Trinajstić information content (AvgIpc) is 2.98. The SMILES string of the molecule is C=C1c2cc(CC)n(CCC)c2C=C(C)N1Cc1ccc(CNC)cc1. The molecular weight excluding hydrogens is 318 g/mol. The van der Waals surface area contributed by atoms with Gasteiger partial charge in [0.15, 0.2) is 0 Å². The van der Waals surface area contributed by atoms with Gasteiger partial charge >= 0.3 is 0 Å². The van der Waals surface area contributed by atoms with Gasteiger partial charge in [-0.15, -0.1) is 0 Å². The largest absolute Gasteiger partial charge is 0.345 e. The van der Waals surface area contributed by atoms with E-state index >= 15 is 0 Å². The third kappa shape index (κ3) is 3.49. The molecule has 0 spiro atoms. The van der Waals surface area contributed by atoms with E-state index in [0.29, 0.717) is 0 Å². The van der Waals surface area contributed by atoms with Crippen LogP contribution in [-0.2, 0) is 26.1 Å². The highest BCUT2D eigenvalue weighted by Gasteiger charge is 2.24. The lowest BCUT2D eigenvalue weighted by molar-refractivity contribution is 0.483. The van der Waals surface area contributed by atoms with E-state index in [-0.39, 0.29) is 0 Å². The Morgan fingerprint density at radius 3 is 2.38 bits per heavy atom. The summed E-state index contributed by atoms with van der Waals surface area (Å²) in [6.45, 7) is 13.9. The number of benzene rings is 1. The minimum Gasteiger partial charge on any atom is -0.345 e. The molecule has 1 N–H and O–H groups in total. The highest BCUT2D eigenvalue weighted by atomic mass is 15.2. The highest BCUT2D eigenvalue weighted by molar-refractivity contribution is 5.78. The maximum absolute atomic E-state index is 4.44. The summed E-state index contributed by atoms with van der Waals surface area (Å²) in [7, 11) is 1.98. The van der Waals surface area contributed by atoms with Crippen molar-refractivity contribution in [2.45, 2.75) is 53.2 Å². The van der Waals surface area contributed by atoms with E-state index in [1.165, 1.54) is 33.8 Å². The molecule has 1 aliphatic heterocycles. The predicted molar refractivity (Wildman–Crippen MR) is 112 cm³/mol. The van der Waals surface area contributed by atoms with Crippen molar-refractivity contribution in [1.82, 2.24) is 14.8 Å². The zero-order chi connectivity index (χ0) is 18.7. The van der Waals surface area contributed by atoms with Gasteiger partial charge in [0.25, 0.3) is 0 Å². The van der Waals surface area contributed by atoms with Crippen LogP contribution in [0.3, 0.4) is 0 Å². The lowest BCUT2D eigenvalue weighted by atomic mass is 10.0. The summed E-state index contributed by atoms with van der Waals surface area (Å²) in [5.41, 5.74) is 9.02. The third-order valence-electron chi connectivity index (χ3n) is 5.19. The van der Waals surface area contributed by atoms with Crippen LogP contribution in [-0.4, -0.2) is 16.5 Å². The van der Waals surface area contributed by atoms with Gasteiger partial charge in [-0.05, 0) is 50.1 Å². The Kier molecular flexibility index (Phi) is 5.67. The maximum atomic E-state index is 4.44. The van der Waals surface area contributed by atoms with Crippen LogP contribution in [0.5, 0.6) is 0 Å². The second-order valence-electron chi connectivity index (χ2n) is 7.11. The van der Waals surface area contributed by atoms with E-state index in [1.54, 1.807) is 0 Å². The Bertz CT molecular complexity index is 809. The summed E-state index contributed by atoms with van der Waals surface area (Å²) in [6.07, 6.45) is 4.53. The van der Waals surface area contributed by atoms with Gasteiger partial charge in [-0.2, -0.15) is 0 Å². The van der Waals surface area contributed by atoms with Gasteiger partial charge in [0.05, 0.1) is 5.69 Å². The van der Waals surface area contributed by atoms with Crippen LogP contribution < -0.4 is 5.32 Å². The molecule has 0 atom stereocenters. The van der Waals surface area contributed by atoms with Crippen LogP contribution in [0, 0.1) is 0 Å². The Balaban J connectivity index is 1.87. The van der Waals surface area contributed by atoms with Crippen molar-refractivity contribution in [3.63, 3.8) is 0 Å². The second-order valence-corrected chi connectivity index (χ2v) is 7.11. The molecule has 3 nitrogen and oxygen atoms in total. The van der Waals surface area contributed by atoms with Crippen molar-refractivity contribution in [3.05, 3.63) is 70.7 Å². The van der Waals surface area contributed by atoms with Crippen LogP contribution >= 0.6 is 0 Å². The van der Waals surface area contributed by atoms with E-state index in [2.05, 4.69) is 78.5 Å². The van der Waals surface area contributed by atoms with Gasteiger partial charge in [-0.25, -0.2) is 0 Å². The number of hydrogen-bond donors (Lipinski definition) is 1. The van der Waals surface area contributed by atoms with Gasteiger partial charge in [-0.3, -0.25) is 0 Å². The molecule has 1 aliphatic rings. The standard InChI is InChI=1S/C23H31N3/c1-6-12-25-21(7-2)14-22-18(4)26(17(3)13-23(22)25)16-20-10-8-19(9-11-20)15-24-5/h8-11,13-14,24H,4,6-7,12,15-16H2,1-3,5H3. The monoisotopic (exact) mass is 349 g/mol. The van der Waals surface area contributed by atoms with E-state index in [0.717, 1.165) is 38.2 Å². The molecule has 1 aromatic carbocycles. The Morgan fingerprint density at radius 1 is 1.08 bits per heavy atom. The van der Waals surface area contributed by atoms with Crippen molar-refractivity contribution in [2.24, 2.45) is 0 Å². The molecule has 0 saturated heterocycles. The molecule has 0 amide bonds. The number of hydrogen-bond acceptors (Lipinski definition) is 2. The molecular formula is C23H31N3. The fourth-order valence-electron chi connectivity index (χ4n) is 3.79. The topological polar surface area (TPSA) is 20.2 Å². The molecule has 1 aromatic heterocycles. The van der Waals surface area contributed by atoms with Gasteiger partial charge in [0, 0.05) is 42.3 Å². The summed E-state index contributed by atoms with van der Waals surface area (Å²) in [6, 6.07) is 11.2. The quantitative estimate of drug-likeness (QED) is 0.757. The number of allylic oxidation sites excluding steroid dienone is 1. The Morgan fingerprint density at radius 2 is 1.77 bits per heavy atom. The zero-order valence-electron chi connectivity index (χ0n) is 16.6. The van der Waals surface area contributed by atoms with Crippen LogP contribution in [0.4, 0.5) is 0 Å². The molecule has 3 rings (SSSR count). The minimum atomic E-state index is 0.862. The molecule has 0 saturated carbocycles. The molecule has 2 heterocycles. The van der Waals surface area contributed by atoms with Gasteiger partial charge in [-0.1, -0.05) is 44.7 Å². The van der Waals surface area contributed by atoms with Crippen molar-refractivity contribution >= 4 is 11.8 Å². The van der Waals surface area contributed by atoms with Gasteiger partial charge in [0.1, 0.15) is 0 Å². The molecule has 0 fully saturated rings. The zero-order valence-corrected chi connectivity index (χ0v) is 16.6. The lowest BCUT2D eigenvalue weighted by Crippen LogP contribution is -2.22. The molecule has 0 unspecified atom stereocenters. The summed E-state index contributed by atoms with van der Waals surface area (Å²) in [5.74, 6) is 0. The molecule has 3 heteroatoms. The molecule has 0 radical (unpaired) electrons. The number of nitrogens with zero attached hydrogens (tertiary/aromatic N) is 2. The first-order valence-corrected chi connectivity index (χ1v) is 9.68. The number of aryl methyl sites for hydroxylation is 1. The highest BCUT2D eigenvalue weighted by Crippen LogP contribution is 2.36. The molecule has 138 valence electrons. The van der Waals surface area contributed by atoms with E-state index in [9.17, 15) is 0 Å². The predicted octanol–water partition coefficient (Wildman–Crippen LogP) is 5.03. The van der Waals surface area contributed by atoms with E-state index in [1.807, 2.05) is 7.05 Å². The Labute approximate surface area is 158 Å². The fraction of sp³-hybridized carbons (Fsp3) is 0.391. The number of nitrogens with one attached hydrogen (secondary N) is 1. The molecule has 0 aliphatic carbocycles. The molecule has 26 heavy (non-hydrogen) atoms. The van der Waals surface area contributed by atoms with Crippen LogP contribution in [0.25, 0.3) is 11.8 Å². The summed E-state index contributed by atoms with van der Waals surface area (Å²) >= 11 is 0. The van der Waals surface area contributed by atoms with Crippen molar-refractivity contribution in [2.75, 3.05) is 7.05 Å². The van der Waals surface area contributed by atoms with Gasteiger partial charge in [0.2, 0.25) is 0 Å². The second kappa shape index (κ2) is 7.96. The first kappa shape index (κ1) is 18.5. The van der Waals surface area contributed by atoms with Crippen molar-refractivity contribution < 1.29 is 0 Å². The number of rotatable bonds is 7. The van der Waals surface area contributed by atoms with E-state index < -0.39 is 0 Å². The van der Waals surface area contributed by atoms with Crippen molar-refractivity contribution in [1.29, 1.82) is 0 Å². The lowest BCUT2D eigenvalue weighted by Gasteiger charge is -2.31. The van der Waals surface area contributed by atoms with Crippen LogP contribution in [0.15, 0.2) is 42.6 Å². The molecule has 0 bridgehead atoms. The summed E-state index contributed by atoms with van der Waals surface area (Å²) < 4.78 is 2.47. The Hall–Kier alpha value is -2.26. The number of fused-ring (bicyclic) bond motifs is 1. The van der Waals surface area contributed by atoms with E-state index in [4.69, 9.17) is 0 Å². The summed E-state index contributed by atoms with van der Waals surface area (Å²) in [4.78, 5) is 2.34. The van der Waals surface area contributed by atoms with Gasteiger partial charge < -0.3 is 14.8 Å². The number of aromatic nitrogens is 1.